The van der Waals surface area contributed by atoms with Crippen LogP contribution in [0.1, 0.15) is 31.5 Å². The summed E-state index contributed by atoms with van der Waals surface area (Å²) in [5, 5.41) is 5.44. The Labute approximate surface area is 134 Å². The Morgan fingerprint density at radius 1 is 1.36 bits per heavy atom. The van der Waals surface area contributed by atoms with Crippen molar-refractivity contribution in [3.05, 3.63) is 56.9 Å². The van der Waals surface area contributed by atoms with Crippen molar-refractivity contribution in [1.29, 1.82) is 0 Å². The highest BCUT2D eigenvalue weighted by molar-refractivity contribution is 7.07. The Hall–Kier alpha value is -2.17. The van der Waals surface area contributed by atoms with Gasteiger partial charge < -0.3 is 0 Å². The molecule has 0 amide bonds. The molecule has 6 heteroatoms. The van der Waals surface area contributed by atoms with Gasteiger partial charge in [-0.3, -0.25) is 4.99 Å². The lowest BCUT2D eigenvalue weighted by Gasteiger charge is -1.96. The van der Waals surface area contributed by atoms with Gasteiger partial charge in [0.2, 0.25) is 0 Å². The number of aliphatic imine (C=N–C) groups is 1. The van der Waals surface area contributed by atoms with E-state index in [1.54, 1.807) is 11.3 Å². The molecule has 22 heavy (non-hydrogen) atoms. The normalized spacial score (nSPS) is 12.0. The van der Waals surface area contributed by atoms with Crippen molar-refractivity contribution in [2.24, 2.45) is 16.0 Å². The van der Waals surface area contributed by atoms with E-state index in [2.05, 4.69) is 52.0 Å². The van der Waals surface area contributed by atoms with Crippen LogP contribution in [0.2, 0.25) is 0 Å². The third-order valence-electron chi connectivity index (χ3n) is 3.20. The van der Waals surface area contributed by atoms with Crippen molar-refractivity contribution in [1.82, 2.24) is 4.98 Å². The van der Waals surface area contributed by atoms with Crippen LogP contribution in [0.25, 0.3) is 10.4 Å². The number of thiazole rings is 1. The van der Waals surface area contributed by atoms with Crippen LogP contribution in [0, 0.1) is 5.92 Å². The summed E-state index contributed by atoms with van der Waals surface area (Å²) in [6.45, 7) is 4.84. The minimum atomic E-state index is 0.633. The molecule has 114 valence electrons. The van der Waals surface area contributed by atoms with Crippen LogP contribution in [0.5, 0.6) is 0 Å². The van der Waals surface area contributed by atoms with E-state index in [1.807, 2.05) is 17.0 Å². The molecule has 0 aliphatic carbocycles. The SMILES string of the molecule is CC(C)CCN=[N+]=[N-].c1ccc2c(c1)CC(c1cscn1)=N2. The highest BCUT2D eigenvalue weighted by Crippen LogP contribution is 2.27. The quantitative estimate of drug-likeness (QED) is 0.436. The maximum absolute atomic E-state index is 7.84. The Morgan fingerprint density at radius 3 is 2.82 bits per heavy atom. The van der Waals surface area contributed by atoms with Gasteiger partial charge in [-0.2, -0.15) is 0 Å². The van der Waals surface area contributed by atoms with Crippen LogP contribution in [-0.2, 0) is 6.42 Å². The smallest absolute Gasteiger partial charge is 0.0957 e. The minimum absolute atomic E-state index is 0.633. The van der Waals surface area contributed by atoms with Gasteiger partial charge in [0, 0.05) is 23.3 Å². The maximum Gasteiger partial charge on any atom is 0.0957 e. The van der Waals surface area contributed by atoms with Gasteiger partial charge in [-0.25, -0.2) is 4.98 Å². The fraction of sp³-hybridized carbons (Fsp3) is 0.375. The lowest BCUT2D eigenvalue weighted by atomic mass is 10.1. The summed E-state index contributed by atoms with van der Waals surface area (Å²) in [4.78, 5) is 11.5. The van der Waals surface area contributed by atoms with Gasteiger partial charge in [-0.15, -0.1) is 11.3 Å². The van der Waals surface area contributed by atoms with Crippen LogP contribution in [0.3, 0.4) is 0 Å². The third-order valence-corrected chi connectivity index (χ3v) is 3.79. The zero-order valence-electron chi connectivity index (χ0n) is 12.8. The Morgan fingerprint density at radius 2 is 2.18 bits per heavy atom. The van der Waals surface area contributed by atoms with Crippen LogP contribution in [0.4, 0.5) is 5.69 Å². The first-order valence-electron chi connectivity index (χ1n) is 7.25. The number of fused-ring (bicyclic) bond motifs is 1. The van der Waals surface area contributed by atoms with Crippen molar-refractivity contribution in [3.8, 4) is 0 Å². The lowest BCUT2D eigenvalue weighted by molar-refractivity contribution is 0.595. The number of nitrogens with zero attached hydrogens (tertiary/aromatic N) is 5. The molecule has 0 bridgehead atoms. The second kappa shape index (κ2) is 8.32. The monoisotopic (exact) mass is 313 g/mol. The zero-order valence-corrected chi connectivity index (χ0v) is 13.6. The van der Waals surface area contributed by atoms with Gasteiger partial charge in [-0.1, -0.05) is 37.2 Å². The summed E-state index contributed by atoms with van der Waals surface area (Å²) in [5.41, 5.74) is 14.2. The Kier molecular flexibility index (Phi) is 6.13. The van der Waals surface area contributed by atoms with E-state index in [-0.39, 0.29) is 0 Å². The van der Waals surface area contributed by atoms with E-state index in [0.29, 0.717) is 12.5 Å². The highest BCUT2D eigenvalue weighted by Gasteiger charge is 2.15. The minimum Gasteiger partial charge on any atom is -0.251 e. The molecule has 0 N–H and O–H groups in total. The predicted octanol–water partition coefficient (Wildman–Crippen LogP) is 5.16. The number of hydrogen-bond donors (Lipinski definition) is 0. The van der Waals surface area contributed by atoms with Crippen LogP contribution < -0.4 is 0 Å². The molecule has 1 aliphatic rings. The number of para-hydroxylation sites is 1. The molecule has 0 spiro atoms. The average Bonchev–Trinajstić information content (AvgIpc) is 3.17. The molecule has 1 aromatic carbocycles. The van der Waals surface area contributed by atoms with E-state index < -0.39 is 0 Å². The molecule has 1 aliphatic heterocycles. The summed E-state index contributed by atoms with van der Waals surface area (Å²) in [7, 11) is 0. The zero-order chi connectivity index (χ0) is 15.8. The number of azide groups is 1. The fourth-order valence-corrected chi connectivity index (χ4v) is 2.56. The molecular formula is C16H19N5S. The summed E-state index contributed by atoms with van der Waals surface area (Å²) < 4.78 is 0. The molecule has 2 heterocycles. The first kappa shape index (κ1) is 16.2. The van der Waals surface area contributed by atoms with Crippen LogP contribution in [0.15, 0.2) is 45.3 Å². The van der Waals surface area contributed by atoms with Crippen molar-refractivity contribution in [2.45, 2.75) is 26.7 Å². The number of rotatable bonds is 4. The summed E-state index contributed by atoms with van der Waals surface area (Å²) >= 11 is 1.61. The number of aromatic nitrogens is 1. The van der Waals surface area contributed by atoms with E-state index in [0.717, 1.165) is 29.9 Å². The van der Waals surface area contributed by atoms with Crippen LogP contribution >= 0.6 is 11.3 Å². The molecule has 3 rings (SSSR count). The van der Waals surface area contributed by atoms with Crippen molar-refractivity contribution >= 4 is 22.7 Å². The molecule has 5 nitrogen and oxygen atoms in total. The summed E-state index contributed by atoms with van der Waals surface area (Å²) in [6.07, 6.45) is 1.91. The first-order chi connectivity index (χ1) is 10.7. The van der Waals surface area contributed by atoms with Gasteiger partial charge >= 0.3 is 0 Å². The maximum atomic E-state index is 7.84. The third kappa shape index (κ3) is 4.69. The molecule has 2 aromatic rings. The number of hydrogen-bond acceptors (Lipinski definition) is 4. The Bertz CT molecular complexity index is 670. The average molecular weight is 313 g/mol. The van der Waals surface area contributed by atoms with E-state index in [9.17, 15) is 0 Å². The standard InChI is InChI=1S/C11H8N2S.C5H11N3/c1-2-4-9-8(3-1)5-10(13-9)11-6-14-7-12-11;1-5(2)3-4-7-8-6/h1-4,6-7H,5H2;5H,3-4H2,1-2H3. The molecule has 0 saturated carbocycles. The predicted molar refractivity (Wildman–Crippen MR) is 91.9 cm³/mol. The van der Waals surface area contributed by atoms with Crippen LogP contribution in [-0.4, -0.2) is 17.2 Å². The van der Waals surface area contributed by atoms with Crippen molar-refractivity contribution < 1.29 is 0 Å². The fourth-order valence-electron chi connectivity index (χ4n) is 2.00. The van der Waals surface area contributed by atoms with Gasteiger partial charge in [0.05, 0.1) is 22.6 Å². The molecule has 0 saturated heterocycles. The van der Waals surface area contributed by atoms with Crippen molar-refractivity contribution in [2.75, 3.05) is 6.54 Å². The molecule has 0 unspecified atom stereocenters. The topological polar surface area (TPSA) is 74.0 Å². The summed E-state index contributed by atoms with van der Waals surface area (Å²) in [5.74, 6) is 0.639. The molecule has 1 aromatic heterocycles. The Balaban J connectivity index is 0.000000192. The molecule has 0 radical (unpaired) electrons. The molecular weight excluding hydrogens is 294 g/mol. The van der Waals surface area contributed by atoms with E-state index >= 15 is 0 Å². The van der Waals surface area contributed by atoms with Crippen molar-refractivity contribution in [3.63, 3.8) is 0 Å². The van der Waals surface area contributed by atoms with Gasteiger partial charge in [0.15, 0.2) is 0 Å². The van der Waals surface area contributed by atoms with Gasteiger partial charge in [-0.05, 0) is 29.5 Å². The van der Waals surface area contributed by atoms with E-state index in [4.69, 9.17) is 5.53 Å². The first-order valence-corrected chi connectivity index (χ1v) is 8.20. The summed E-state index contributed by atoms with van der Waals surface area (Å²) in [6, 6.07) is 8.25. The largest absolute Gasteiger partial charge is 0.251 e. The second-order valence-corrected chi connectivity index (χ2v) is 6.09. The van der Waals surface area contributed by atoms with E-state index in [1.165, 1.54) is 5.56 Å². The molecule has 0 atom stereocenters. The highest BCUT2D eigenvalue weighted by atomic mass is 32.1. The lowest BCUT2D eigenvalue weighted by Crippen LogP contribution is -1.99. The van der Waals surface area contributed by atoms with Gasteiger partial charge in [0.1, 0.15) is 0 Å². The number of benzene rings is 1. The molecule has 0 fully saturated rings. The van der Waals surface area contributed by atoms with Gasteiger partial charge in [0.25, 0.3) is 0 Å². The second-order valence-electron chi connectivity index (χ2n) is 5.37.